The number of hydrogen-bond acceptors (Lipinski definition) is 8. The minimum absolute atomic E-state index is 0.222. The number of hydrogen-bond donors (Lipinski definition) is 1. The second-order valence-corrected chi connectivity index (χ2v) is 12.6. The van der Waals surface area contributed by atoms with Crippen LogP contribution in [0, 0.1) is 5.82 Å². The van der Waals surface area contributed by atoms with Gasteiger partial charge in [0.25, 0.3) is 0 Å². The maximum absolute atomic E-state index is 15.7. The van der Waals surface area contributed by atoms with E-state index in [1.165, 1.54) is 11.0 Å². The van der Waals surface area contributed by atoms with Gasteiger partial charge in [0.15, 0.2) is 17.8 Å². The lowest BCUT2D eigenvalue weighted by atomic mass is 10.0. The van der Waals surface area contributed by atoms with Crippen molar-refractivity contribution in [3.05, 3.63) is 66.5 Å². The van der Waals surface area contributed by atoms with E-state index in [1.807, 2.05) is 49.0 Å². The average molecular weight is 592 g/mol. The lowest BCUT2D eigenvalue weighted by molar-refractivity contribution is -0.0392. The minimum atomic E-state index is -0.665. The monoisotopic (exact) mass is 591 g/mol. The van der Waals surface area contributed by atoms with Crippen LogP contribution in [-0.2, 0) is 14.2 Å². The van der Waals surface area contributed by atoms with Crippen LogP contribution in [0.25, 0.3) is 33.4 Å². The van der Waals surface area contributed by atoms with Crippen LogP contribution in [0.1, 0.15) is 25.5 Å². The van der Waals surface area contributed by atoms with Crippen LogP contribution in [0.2, 0.25) is 0 Å². The van der Waals surface area contributed by atoms with Crippen molar-refractivity contribution in [3.8, 4) is 28.3 Å². The highest BCUT2D eigenvalue weighted by atomic mass is 32.2. The summed E-state index contributed by atoms with van der Waals surface area (Å²) < 4.78 is 43.8. The van der Waals surface area contributed by atoms with Gasteiger partial charge in [-0.05, 0) is 68.6 Å². The lowest BCUT2D eigenvalue weighted by Gasteiger charge is -2.27. The second kappa shape index (κ2) is 11.6. The number of ether oxygens (including phenoxy) is 4. The highest BCUT2D eigenvalue weighted by Crippen LogP contribution is 2.38. The van der Waals surface area contributed by atoms with E-state index in [4.69, 9.17) is 23.9 Å². The molecule has 0 bridgehead atoms. The Morgan fingerprint density at radius 2 is 1.64 bits per heavy atom. The normalized spacial score (nSPS) is 25.8. The fourth-order valence-corrected chi connectivity index (χ4v) is 6.73. The smallest absolute Gasteiger partial charge is 0.198 e. The summed E-state index contributed by atoms with van der Waals surface area (Å²) in [6.45, 7) is 1.16. The van der Waals surface area contributed by atoms with E-state index in [0.717, 1.165) is 30.4 Å². The van der Waals surface area contributed by atoms with Crippen molar-refractivity contribution in [3.63, 3.8) is 0 Å². The molecule has 8 nitrogen and oxygen atoms in total. The molecule has 4 aromatic rings. The molecule has 0 spiro atoms. The van der Waals surface area contributed by atoms with Crippen molar-refractivity contribution >= 4 is 23.0 Å². The molecule has 0 radical (unpaired) electrons. The molecule has 2 aromatic carbocycles. The summed E-state index contributed by atoms with van der Waals surface area (Å²) in [4.78, 5) is 5.94. The Morgan fingerprint density at radius 3 is 2.36 bits per heavy atom. The van der Waals surface area contributed by atoms with E-state index in [1.54, 1.807) is 11.9 Å². The number of pyridine rings is 1. The van der Waals surface area contributed by atoms with E-state index in [2.05, 4.69) is 28.6 Å². The highest BCUT2D eigenvalue weighted by molar-refractivity contribution is 7.97. The number of aliphatic hydroxyl groups is 1. The topological polar surface area (TPSA) is 78.2 Å². The molecule has 0 aliphatic carbocycles. The largest absolute Gasteiger partial charge is 0.470 e. The van der Waals surface area contributed by atoms with E-state index < -0.39 is 24.1 Å². The third-order valence-corrected chi connectivity index (χ3v) is 8.92. The zero-order valence-electron chi connectivity index (χ0n) is 23.6. The third kappa shape index (κ3) is 5.32. The van der Waals surface area contributed by atoms with Gasteiger partial charge < -0.3 is 24.1 Å². The van der Waals surface area contributed by atoms with Crippen molar-refractivity contribution in [1.29, 1.82) is 0 Å². The summed E-state index contributed by atoms with van der Waals surface area (Å²) in [6, 6.07) is 19.6. The van der Waals surface area contributed by atoms with Crippen LogP contribution < -0.4 is 4.74 Å². The number of rotatable bonds is 7. The number of aliphatic hydroxyl groups excluding tert-OH is 1. The molecule has 2 unspecified atom stereocenters. The fourth-order valence-electron chi connectivity index (χ4n) is 6.06. The van der Waals surface area contributed by atoms with Gasteiger partial charge in [0.1, 0.15) is 30.2 Å². The Hall–Kier alpha value is -2.99. The zero-order chi connectivity index (χ0) is 28.8. The Morgan fingerprint density at radius 1 is 0.929 bits per heavy atom. The van der Waals surface area contributed by atoms with Crippen LogP contribution in [0.3, 0.4) is 0 Å². The van der Waals surface area contributed by atoms with Crippen LogP contribution in [0.15, 0.2) is 65.6 Å². The molecule has 5 heterocycles. The fraction of sp³-hybridized carbons (Fsp3) is 0.406. The van der Waals surface area contributed by atoms with Gasteiger partial charge in [-0.15, -0.1) is 0 Å². The Kier molecular flexibility index (Phi) is 7.68. The van der Waals surface area contributed by atoms with Gasteiger partial charge in [0, 0.05) is 29.2 Å². The van der Waals surface area contributed by atoms with Gasteiger partial charge in [0.05, 0.1) is 24.2 Å². The first kappa shape index (κ1) is 27.8. The summed E-state index contributed by atoms with van der Waals surface area (Å²) in [6.07, 6.45) is 0.681. The van der Waals surface area contributed by atoms with Gasteiger partial charge in [-0.2, -0.15) is 0 Å². The molecule has 7 rings (SSSR count). The maximum atomic E-state index is 15.7. The number of aromatic nitrogens is 2. The predicted molar refractivity (Wildman–Crippen MR) is 159 cm³/mol. The summed E-state index contributed by atoms with van der Waals surface area (Å²) in [5.74, 6) is 0.125. The highest BCUT2D eigenvalue weighted by Gasteiger charge is 2.48. The third-order valence-electron chi connectivity index (χ3n) is 8.07. The van der Waals surface area contributed by atoms with E-state index in [0.29, 0.717) is 35.7 Å². The molecule has 1 N–H and O–H groups in total. The Balaban J connectivity index is 1.20. The first-order valence-corrected chi connectivity index (χ1v) is 15.2. The Bertz CT molecular complexity index is 1560. The van der Waals surface area contributed by atoms with Gasteiger partial charge in [0.2, 0.25) is 0 Å². The first-order valence-electron chi connectivity index (χ1n) is 14.4. The van der Waals surface area contributed by atoms with Crippen molar-refractivity contribution in [2.75, 3.05) is 33.9 Å². The molecule has 2 aromatic heterocycles. The standard InChI is InChI=1S/C32H34FN3O5S/c1-35(2)42-22-12-10-20(11-13-22)19-6-8-21(9-7-19)30-23(33)15-25-24(34-30)16-29(36(25)28-5-3-4-14-38-28)41-27-18-40-31-26(37)17-39-32(27)31/h6-13,15-16,26-28,31-32,37H,3-5,14,17-18H2,1-2H3/t26-,27-,28?,31?,32-/m1/s1. The van der Waals surface area contributed by atoms with Gasteiger partial charge in [-0.3, -0.25) is 8.87 Å². The van der Waals surface area contributed by atoms with Crippen LogP contribution in [0.5, 0.6) is 5.88 Å². The molecule has 3 fully saturated rings. The van der Waals surface area contributed by atoms with Crippen molar-refractivity contribution < 1.29 is 28.4 Å². The summed E-state index contributed by atoms with van der Waals surface area (Å²) in [5, 5.41) is 10.2. The SMILES string of the molecule is CN(C)Sc1ccc(-c2ccc(-c3nc4cc(O[C@@H]5COC6[C@H](O)CO[C@@H]65)n(C5CCCCO5)c4cc3F)cc2)cc1. The van der Waals surface area contributed by atoms with E-state index in [9.17, 15) is 5.11 Å². The maximum Gasteiger partial charge on any atom is 0.198 e. The van der Waals surface area contributed by atoms with Crippen LogP contribution >= 0.6 is 11.9 Å². The molecule has 0 amide bonds. The number of benzene rings is 2. The summed E-state index contributed by atoms with van der Waals surface area (Å²) in [7, 11) is 4.04. The summed E-state index contributed by atoms with van der Waals surface area (Å²) >= 11 is 1.67. The van der Waals surface area contributed by atoms with Crippen LogP contribution in [-0.4, -0.2) is 77.3 Å². The van der Waals surface area contributed by atoms with E-state index in [-0.39, 0.29) is 24.6 Å². The second-order valence-electron chi connectivity index (χ2n) is 11.2. The quantitative estimate of drug-likeness (QED) is 0.275. The number of nitrogens with zero attached hydrogens (tertiary/aromatic N) is 3. The average Bonchev–Trinajstić information content (AvgIpc) is 3.68. The van der Waals surface area contributed by atoms with Gasteiger partial charge >= 0.3 is 0 Å². The molecule has 0 saturated carbocycles. The Labute approximate surface area is 248 Å². The molecule has 220 valence electrons. The van der Waals surface area contributed by atoms with E-state index >= 15 is 4.39 Å². The molecule has 42 heavy (non-hydrogen) atoms. The molecule has 3 saturated heterocycles. The molecular weight excluding hydrogens is 557 g/mol. The molecular formula is C32H34FN3O5S. The molecule has 10 heteroatoms. The minimum Gasteiger partial charge on any atom is -0.470 e. The van der Waals surface area contributed by atoms with Crippen LogP contribution in [0.4, 0.5) is 4.39 Å². The number of halogens is 1. The number of fused-ring (bicyclic) bond motifs is 2. The molecule has 3 aliphatic heterocycles. The van der Waals surface area contributed by atoms with Gasteiger partial charge in [-0.25, -0.2) is 9.37 Å². The zero-order valence-corrected chi connectivity index (χ0v) is 24.4. The molecule has 5 atom stereocenters. The van der Waals surface area contributed by atoms with Gasteiger partial charge in [-0.1, -0.05) is 36.4 Å². The lowest BCUT2D eigenvalue weighted by Crippen LogP contribution is -2.35. The van der Waals surface area contributed by atoms with Crippen molar-refractivity contribution in [2.45, 2.75) is 54.8 Å². The molecule has 3 aliphatic rings. The predicted octanol–water partition coefficient (Wildman–Crippen LogP) is 5.68. The van der Waals surface area contributed by atoms with Crippen molar-refractivity contribution in [1.82, 2.24) is 13.9 Å². The summed E-state index contributed by atoms with van der Waals surface area (Å²) in [5.41, 5.74) is 4.37. The van der Waals surface area contributed by atoms with Crippen molar-refractivity contribution in [2.24, 2.45) is 0 Å². The first-order chi connectivity index (χ1) is 20.4.